The number of carbonyl (C=O) groups excluding carboxylic acids is 1. The molecule has 1 aliphatic heterocycles. The Kier molecular flexibility index (Phi) is 2.91. The molecule has 0 radical (unpaired) electrons. The van der Waals surface area contributed by atoms with Gasteiger partial charge in [-0.05, 0) is 6.92 Å². The fourth-order valence-electron chi connectivity index (χ4n) is 1.80. The Balaban J connectivity index is 2.29. The maximum Gasteiger partial charge on any atom is 0.373 e. The van der Waals surface area contributed by atoms with Gasteiger partial charge in [0.1, 0.15) is 0 Å². The zero-order valence-electron chi connectivity index (χ0n) is 9.67. The third-order valence-corrected chi connectivity index (χ3v) is 2.69. The smallest absolute Gasteiger partial charge is 0.373 e. The minimum absolute atomic E-state index is 0.166. The van der Waals surface area contributed by atoms with Gasteiger partial charge < -0.3 is 14.6 Å². The number of benzene rings is 1. The number of rotatable bonds is 4. The number of ether oxygens (including phenoxy) is 3. The fraction of sp³-hybridized carbons (Fsp3) is 0.417. The molecule has 5 nitrogen and oxygen atoms in total. The van der Waals surface area contributed by atoms with Gasteiger partial charge in [-0.25, -0.2) is 4.79 Å². The molecule has 1 heterocycles. The number of carbonyl (C=O) groups is 1. The lowest BCUT2D eigenvalue weighted by Gasteiger charge is -2.13. The van der Waals surface area contributed by atoms with Crippen LogP contribution < -0.4 is 0 Å². The van der Waals surface area contributed by atoms with Gasteiger partial charge in [0.25, 0.3) is 5.79 Å². The standard InChI is InChI=1S/C12H14O5/c1-3-16-10(13)11(14)12(15-2,17-11)9-7-5-4-6-8-9/h4-8,14H,3H2,1-2H3. The Labute approximate surface area is 98.9 Å². The quantitative estimate of drug-likeness (QED) is 0.619. The van der Waals surface area contributed by atoms with E-state index in [4.69, 9.17) is 14.2 Å². The molecule has 0 aliphatic carbocycles. The SMILES string of the molecule is CCOC(=O)C1(O)OC1(OC)c1ccccc1. The van der Waals surface area contributed by atoms with Gasteiger partial charge in [0.2, 0.25) is 0 Å². The van der Waals surface area contributed by atoms with Gasteiger partial charge in [-0.1, -0.05) is 30.3 Å². The monoisotopic (exact) mass is 238 g/mol. The normalized spacial score (nSPS) is 31.0. The molecule has 1 fully saturated rings. The molecule has 92 valence electrons. The van der Waals surface area contributed by atoms with Crippen molar-refractivity contribution in [1.29, 1.82) is 0 Å². The Hall–Kier alpha value is -1.43. The molecule has 2 unspecified atom stereocenters. The number of hydrogen-bond donors (Lipinski definition) is 1. The first-order valence-corrected chi connectivity index (χ1v) is 5.31. The third kappa shape index (κ3) is 1.63. The highest BCUT2D eigenvalue weighted by Gasteiger charge is 2.78. The van der Waals surface area contributed by atoms with E-state index in [-0.39, 0.29) is 6.61 Å². The van der Waals surface area contributed by atoms with E-state index in [1.54, 1.807) is 31.2 Å². The summed E-state index contributed by atoms with van der Waals surface area (Å²) in [4.78, 5) is 11.6. The highest BCUT2D eigenvalue weighted by Crippen LogP contribution is 2.55. The molecule has 2 rings (SSSR count). The lowest BCUT2D eigenvalue weighted by atomic mass is 10.0. The minimum atomic E-state index is -2.06. The van der Waals surface area contributed by atoms with Crippen molar-refractivity contribution in [2.75, 3.05) is 13.7 Å². The average Bonchev–Trinajstić information content (AvgIpc) is 3.00. The summed E-state index contributed by atoms with van der Waals surface area (Å²) in [5, 5.41) is 10.1. The Morgan fingerprint density at radius 2 is 2.06 bits per heavy atom. The van der Waals surface area contributed by atoms with E-state index in [0.717, 1.165) is 0 Å². The third-order valence-electron chi connectivity index (χ3n) is 2.69. The summed E-state index contributed by atoms with van der Waals surface area (Å²) < 4.78 is 15.0. The van der Waals surface area contributed by atoms with Crippen LogP contribution in [0.15, 0.2) is 30.3 Å². The molecule has 1 N–H and O–H groups in total. The second-order valence-electron chi connectivity index (χ2n) is 3.65. The largest absolute Gasteiger partial charge is 0.462 e. The predicted octanol–water partition coefficient (Wildman–Crippen LogP) is 0.768. The molecule has 0 bridgehead atoms. The van der Waals surface area contributed by atoms with Crippen LogP contribution >= 0.6 is 0 Å². The summed E-state index contributed by atoms with van der Waals surface area (Å²) in [5.41, 5.74) is 0.568. The van der Waals surface area contributed by atoms with Crippen LogP contribution in [0, 0.1) is 0 Å². The first kappa shape index (κ1) is 12.0. The van der Waals surface area contributed by atoms with E-state index in [0.29, 0.717) is 5.56 Å². The van der Waals surface area contributed by atoms with Crippen LogP contribution in [0.4, 0.5) is 0 Å². The highest BCUT2D eigenvalue weighted by atomic mass is 16.9. The van der Waals surface area contributed by atoms with Crippen molar-refractivity contribution in [3.8, 4) is 0 Å². The van der Waals surface area contributed by atoms with E-state index in [1.807, 2.05) is 6.07 Å². The van der Waals surface area contributed by atoms with Gasteiger partial charge in [0, 0.05) is 12.7 Å². The Bertz CT molecular complexity index is 418. The molecule has 0 aromatic heterocycles. The van der Waals surface area contributed by atoms with Crippen molar-refractivity contribution in [2.24, 2.45) is 0 Å². The van der Waals surface area contributed by atoms with Gasteiger partial charge in [0.05, 0.1) is 6.61 Å². The molecule has 0 saturated carbocycles. The molecule has 17 heavy (non-hydrogen) atoms. The predicted molar refractivity (Wildman–Crippen MR) is 57.8 cm³/mol. The number of esters is 1. The highest BCUT2D eigenvalue weighted by molar-refractivity contribution is 5.82. The second-order valence-corrected chi connectivity index (χ2v) is 3.65. The molecule has 5 heteroatoms. The molecule has 2 atom stereocenters. The lowest BCUT2D eigenvalue weighted by molar-refractivity contribution is -0.165. The zero-order chi connectivity index (χ0) is 12.5. The molecule has 0 spiro atoms. The molecule has 1 aromatic rings. The molecular weight excluding hydrogens is 224 g/mol. The molecule has 1 saturated heterocycles. The summed E-state index contributed by atoms with van der Waals surface area (Å²) in [5.74, 6) is -4.36. The zero-order valence-corrected chi connectivity index (χ0v) is 9.67. The Morgan fingerprint density at radius 3 is 2.59 bits per heavy atom. The van der Waals surface area contributed by atoms with Crippen LogP contribution in [0.5, 0.6) is 0 Å². The van der Waals surface area contributed by atoms with E-state index in [9.17, 15) is 9.90 Å². The summed E-state index contributed by atoms with van der Waals surface area (Å²) >= 11 is 0. The lowest BCUT2D eigenvalue weighted by Crippen LogP contribution is -2.35. The number of methoxy groups -OCH3 is 1. The summed E-state index contributed by atoms with van der Waals surface area (Å²) in [7, 11) is 1.37. The molecule has 1 aliphatic rings. The van der Waals surface area contributed by atoms with Crippen molar-refractivity contribution in [3.63, 3.8) is 0 Å². The molecule has 1 aromatic carbocycles. The van der Waals surface area contributed by atoms with Gasteiger partial charge in [-0.15, -0.1) is 0 Å². The van der Waals surface area contributed by atoms with Crippen molar-refractivity contribution >= 4 is 5.97 Å². The maximum atomic E-state index is 11.6. The fourth-order valence-corrected chi connectivity index (χ4v) is 1.80. The summed E-state index contributed by atoms with van der Waals surface area (Å²) in [6.45, 7) is 1.82. The van der Waals surface area contributed by atoms with Crippen LogP contribution in [0.25, 0.3) is 0 Å². The topological polar surface area (TPSA) is 68.3 Å². The number of epoxide rings is 1. The van der Waals surface area contributed by atoms with E-state index >= 15 is 0 Å². The summed E-state index contributed by atoms with van der Waals surface area (Å²) in [6, 6.07) is 8.77. The van der Waals surface area contributed by atoms with E-state index in [1.165, 1.54) is 7.11 Å². The van der Waals surface area contributed by atoms with E-state index in [2.05, 4.69) is 0 Å². The molecule has 0 amide bonds. The van der Waals surface area contributed by atoms with Crippen LogP contribution in [0.3, 0.4) is 0 Å². The average molecular weight is 238 g/mol. The van der Waals surface area contributed by atoms with Crippen molar-refractivity contribution in [1.82, 2.24) is 0 Å². The minimum Gasteiger partial charge on any atom is -0.462 e. The number of hydrogen-bond acceptors (Lipinski definition) is 5. The van der Waals surface area contributed by atoms with Crippen LogP contribution in [0.2, 0.25) is 0 Å². The van der Waals surface area contributed by atoms with Crippen LogP contribution in [-0.2, 0) is 24.8 Å². The first-order valence-electron chi connectivity index (χ1n) is 5.31. The maximum absolute atomic E-state index is 11.6. The van der Waals surface area contributed by atoms with Crippen molar-refractivity contribution < 1.29 is 24.1 Å². The first-order chi connectivity index (χ1) is 8.10. The second kappa shape index (κ2) is 4.10. The van der Waals surface area contributed by atoms with Gasteiger partial charge in [-0.2, -0.15) is 0 Å². The van der Waals surface area contributed by atoms with E-state index < -0.39 is 17.5 Å². The van der Waals surface area contributed by atoms with Gasteiger partial charge >= 0.3 is 11.8 Å². The summed E-state index contributed by atoms with van der Waals surface area (Å²) in [6.07, 6.45) is 0. The van der Waals surface area contributed by atoms with Gasteiger partial charge in [0.15, 0.2) is 0 Å². The Morgan fingerprint density at radius 1 is 1.41 bits per heavy atom. The van der Waals surface area contributed by atoms with Crippen LogP contribution in [-0.4, -0.2) is 30.6 Å². The van der Waals surface area contributed by atoms with Gasteiger partial charge in [-0.3, -0.25) is 4.74 Å². The van der Waals surface area contributed by atoms with Crippen LogP contribution in [0.1, 0.15) is 12.5 Å². The molecular formula is C12H14O5. The van der Waals surface area contributed by atoms with Crippen molar-refractivity contribution in [2.45, 2.75) is 18.5 Å². The van der Waals surface area contributed by atoms with Crippen molar-refractivity contribution in [3.05, 3.63) is 35.9 Å². The number of aliphatic hydroxyl groups is 1.